The summed E-state index contributed by atoms with van der Waals surface area (Å²) in [6.45, 7) is 5.16. The predicted octanol–water partition coefficient (Wildman–Crippen LogP) is 0.774. The molecule has 86 valence electrons. The summed E-state index contributed by atoms with van der Waals surface area (Å²) in [5.41, 5.74) is -0.624. The highest BCUT2D eigenvalue weighted by atomic mass is 32.2. The van der Waals surface area contributed by atoms with E-state index in [0.717, 1.165) is 0 Å². The fraction of sp³-hybridized carbons (Fsp3) is 0.667. The van der Waals surface area contributed by atoms with Crippen LogP contribution in [0.15, 0.2) is 10.7 Å². The molecule has 0 aromatic carbocycles. The molecule has 5 nitrogen and oxygen atoms in total. The molecule has 15 heavy (non-hydrogen) atoms. The maximum atomic E-state index is 11.6. The Labute approximate surface area is 88.7 Å². The molecule has 0 saturated carbocycles. The van der Waals surface area contributed by atoms with Crippen LogP contribution in [-0.2, 0) is 19.4 Å². The summed E-state index contributed by atoms with van der Waals surface area (Å²) in [6, 6.07) is 0. The molecule has 1 heterocycles. The molecule has 0 aromatic heterocycles. The molecule has 0 radical (unpaired) electrons. The number of rotatable bonds is 1. The minimum atomic E-state index is -3.70. The molecule has 0 unspecified atom stereocenters. The third-order valence-corrected chi connectivity index (χ3v) is 3.68. The zero-order valence-corrected chi connectivity index (χ0v) is 9.72. The first-order chi connectivity index (χ1) is 6.66. The van der Waals surface area contributed by atoms with E-state index < -0.39 is 26.1 Å². The van der Waals surface area contributed by atoms with Gasteiger partial charge >= 0.3 is 5.97 Å². The van der Waals surface area contributed by atoms with Crippen LogP contribution in [0.3, 0.4) is 0 Å². The Kier molecular flexibility index (Phi) is 2.82. The Bertz CT molecular complexity index is 410. The van der Waals surface area contributed by atoms with Crippen molar-refractivity contribution in [1.82, 2.24) is 0 Å². The molecule has 0 spiro atoms. The van der Waals surface area contributed by atoms with Gasteiger partial charge < -0.3 is 9.84 Å². The first-order valence-electron chi connectivity index (χ1n) is 4.50. The van der Waals surface area contributed by atoms with E-state index in [-0.39, 0.29) is 18.1 Å². The zero-order valence-electron chi connectivity index (χ0n) is 8.90. The van der Waals surface area contributed by atoms with Gasteiger partial charge in [0.2, 0.25) is 0 Å². The van der Waals surface area contributed by atoms with Gasteiger partial charge in [0.15, 0.2) is 14.7 Å². The van der Waals surface area contributed by atoms with Gasteiger partial charge in [-0.2, -0.15) is 0 Å². The van der Waals surface area contributed by atoms with Crippen LogP contribution in [-0.4, -0.2) is 31.9 Å². The molecular formula is C9H14O5S. The minimum absolute atomic E-state index is 0.0196. The molecule has 1 rings (SSSR count). The number of hydrogen-bond acceptors (Lipinski definition) is 4. The monoisotopic (exact) mass is 234 g/mol. The van der Waals surface area contributed by atoms with Crippen LogP contribution in [0.5, 0.6) is 0 Å². The lowest BCUT2D eigenvalue weighted by molar-refractivity contribution is -0.132. The minimum Gasteiger partial charge on any atom is -0.495 e. The van der Waals surface area contributed by atoms with E-state index in [1.54, 1.807) is 20.8 Å². The summed E-state index contributed by atoms with van der Waals surface area (Å²) in [4.78, 5) is 10.3. The van der Waals surface area contributed by atoms with Crippen molar-refractivity contribution in [2.75, 3.05) is 12.4 Å². The van der Waals surface area contributed by atoms with Gasteiger partial charge in [0.25, 0.3) is 0 Å². The van der Waals surface area contributed by atoms with Crippen LogP contribution >= 0.6 is 0 Å². The van der Waals surface area contributed by atoms with E-state index in [2.05, 4.69) is 0 Å². The Balaban J connectivity index is 3.46. The largest absolute Gasteiger partial charge is 0.495 e. The zero-order chi connectivity index (χ0) is 11.9. The van der Waals surface area contributed by atoms with Gasteiger partial charge in [0.1, 0.15) is 12.4 Å². The van der Waals surface area contributed by atoms with Gasteiger partial charge in [-0.25, -0.2) is 13.2 Å². The molecule has 0 aromatic rings. The Hall–Kier alpha value is -1.04. The van der Waals surface area contributed by atoms with Crippen LogP contribution in [0.4, 0.5) is 0 Å². The van der Waals surface area contributed by atoms with Gasteiger partial charge in [-0.1, -0.05) is 20.8 Å². The molecule has 1 aliphatic rings. The number of allylic oxidation sites excluding steroid dienone is 1. The second-order valence-electron chi connectivity index (χ2n) is 4.38. The Morgan fingerprint density at radius 1 is 1.40 bits per heavy atom. The molecule has 0 atom stereocenters. The van der Waals surface area contributed by atoms with Crippen molar-refractivity contribution in [3.8, 4) is 0 Å². The number of hydrogen-bond donors (Lipinski definition) is 1. The summed E-state index contributed by atoms with van der Waals surface area (Å²) in [5, 5.41) is 8.89. The molecule has 0 aliphatic carbocycles. The maximum absolute atomic E-state index is 11.6. The number of aliphatic carboxylic acids is 1. The van der Waals surface area contributed by atoms with Gasteiger partial charge in [-0.15, -0.1) is 0 Å². The molecule has 0 amide bonds. The summed E-state index contributed by atoms with van der Waals surface area (Å²) in [5.74, 6) is -1.67. The number of sulfone groups is 1. The van der Waals surface area contributed by atoms with Gasteiger partial charge in [-0.3, -0.25) is 0 Å². The van der Waals surface area contributed by atoms with Crippen molar-refractivity contribution < 1.29 is 23.1 Å². The van der Waals surface area contributed by atoms with Crippen molar-refractivity contribution in [1.29, 1.82) is 0 Å². The Morgan fingerprint density at radius 3 is 2.27 bits per heavy atom. The third kappa shape index (κ3) is 2.31. The third-order valence-electron chi connectivity index (χ3n) is 1.99. The quantitative estimate of drug-likeness (QED) is 0.725. The summed E-state index contributed by atoms with van der Waals surface area (Å²) in [7, 11) is -3.70. The van der Waals surface area contributed by atoms with E-state index in [9.17, 15) is 13.2 Å². The lowest BCUT2D eigenvalue weighted by atomic mass is 9.93. The highest BCUT2D eigenvalue weighted by molar-refractivity contribution is 7.96. The van der Waals surface area contributed by atoms with Crippen molar-refractivity contribution in [2.45, 2.75) is 20.8 Å². The first-order valence-corrected chi connectivity index (χ1v) is 6.15. The lowest BCUT2D eigenvalue weighted by Crippen LogP contribution is -2.31. The molecule has 0 bridgehead atoms. The van der Waals surface area contributed by atoms with Gasteiger partial charge in [0, 0.05) is 5.41 Å². The average molecular weight is 234 g/mol. The van der Waals surface area contributed by atoms with Crippen LogP contribution < -0.4 is 0 Å². The van der Waals surface area contributed by atoms with Crippen LogP contribution in [0.1, 0.15) is 20.8 Å². The summed E-state index contributed by atoms with van der Waals surface area (Å²) in [6.07, 6.45) is 0. The number of ether oxygens (including phenoxy) is 1. The fourth-order valence-electron chi connectivity index (χ4n) is 1.35. The molecule has 6 heteroatoms. The lowest BCUT2D eigenvalue weighted by Gasteiger charge is -2.28. The second-order valence-corrected chi connectivity index (χ2v) is 6.43. The molecule has 1 N–H and O–H groups in total. The van der Waals surface area contributed by atoms with Crippen LogP contribution in [0.2, 0.25) is 0 Å². The number of carboxylic acids is 1. The topological polar surface area (TPSA) is 80.7 Å². The predicted molar refractivity (Wildman–Crippen MR) is 53.9 cm³/mol. The summed E-state index contributed by atoms with van der Waals surface area (Å²) < 4.78 is 28.3. The standard InChI is InChI=1S/C9H14O5S/c1-9(2,3)7-6(8(10)11)15(12,13)5-4-14-7/h4-5H2,1-3H3,(H,10,11). The van der Waals surface area contributed by atoms with E-state index in [0.29, 0.717) is 0 Å². The average Bonchev–Trinajstić information content (AvgIpc) is 1.99. The Morgan fingerprint density at radius 2 is 1.93 bits per heavy atom. The van der Waals surface area contributed by atoms with E-state index in [4.69, 9.17) is 9.84 Å². The number of carboxylic acid groups (broad SMARTS) is 1. The van der Waals surface area contributed by atoms with Gasteiger partial charge in [0.05, 0.1) is 5.75 Å². The van der Waals surface area contributed by atoms with Crippen LogP contribution in [0.25, 0.3) is 0 Å². The summed E-state index contributed by atoms with van der Waals surface area (Å²) >= 11 is 0. The van der Waals surface area contributed by atoms with Gasteiger partial charge in [-0.05, 0) is 0 Å². The number of carbonyl (C=O) groups is 1. The highest BCUT2D eigenvalue weighted by Gasteiger charge is 2.38. The van der Waals surface area contributed by atoms with E-state index in [1.165, 1.54) is 0 Å². The molecule has 0 fully saturated rings. The maximum Gasteiger partial charge on any atom is 0.350 e. The van der Waals surface area contributed by atoms with Crippen molar-refractivity contribution in [2.24, 2.45) is 5.41 Å². The highest BCUT2D eigenvalue weighted by Crippen LogP contribution is 2.34. The fourth-order valence-corrected chi connectivity index (χ4v) is 2.77. The SMILES string of the molecule is CC(C)(C)C1=C(C(=O)O)S(=O)(=O)CCO1. The van der Waals surface area contributed by atoms with E-state index in [1.807, 2.05) is 0 Å². The normalized spacial score (nSPS) is 21.0. The molecule has 1 aliphatic heterocycles. The second kappa shape index (κ2) is 3.52. The van der Waals surface area contributed by atoms with Crippen molar-refractivity contribution in [3.63, 3.8) is 0 Å². The van der Waals surface area contributed by atoms with Crippen molar-refractivity contribution in [3.05, 3.63) is 10.7 Å². The van der Waals surface area contributed by atoms with E-state index >= 15 is 0 Å². The first kappa shape index (κ1) is 12.0. The molecular weight excluding hydrogens is 220 g/mol. The van der Waals surface area contributed by atoms with Crippen LogP contribution in [0, 0.1) is 5.41 Å². The molecule has 0 saturated heterocycles. The van der Waals surface area contributed by atoms with Crippen molar-refractivity contribution >= 4 is 15.8 Å². The smallest absolute Gasteiger partial charge is 0.350 e.